The Morgan fingerprint density at radius 2 is 2.13 bits per heavy atom. The van der Waals surface area contributed by atoms with E-state index in [-0.39, 0.29) is 0 Å². The number of nitrogens with one attached hydrogen (secondary N) is 1. The van der Waals surface area contributed by atoms with Crippen molar-refractivity contribution in [2.75, 3.05) is 0 Å². The van der Waals surface area contributed by atoms with Crippen molar-refractivity contribution < 1.29 is 4.42 Å². The lowest BCUT2D eigenvalue weighted by molar-refractivity contribution is 0.342. The second-order valence-electron chi connectivity index (χ2n) is 5.60. The average molecular weight is 330 g/mol. The molecule has 3 heterocycles. The normalized spacial score (nSPS) is 17.2. The monoisotopic (exact) mass is 329 g/mol. The SMILES string of the molecule is Clc1ccc(-c2cnc(CN[C@@H]3CCc4ncnn4C3)o2)cc1. The Morgan fingerprint density at radius 3 is 3.00 bits per heavy atom. The Kier molecular flexibility index (Phi) is 3.85. The van der Waals surface area contributed by atoms with Gasteiger partial charge in [-0.3, -0.25) is 0 Å². The third-order valence-electron chi connectivity index (χ3n) is 4.03. The first-order valence-corrected chi connectivity index (χ1v) is 7.96. The van der Waals surface area contributed by atoms with Crippen molar-refractivity contribution in [3.05, 3.63) is 53.5 Å². The fourth-order valence-electron chi connectivity index (χ4n) is 2.78. The largest absolute Gasteiger partial charge is 0.439 e. The van der Waals surface area contributed by atoms with Gasteiger partial charge in [0.1, 0.15) is 12.2 Å². The van der Waals surface area contributed by atoms with Crippen LogP contribution in [0, 0.1) is 0 Å². The molecular weight excluding hydrogens is 314 g/mol. The van der Waals surface area contributed by atoms with Gasteiger partial charge in [0.2, 0.25) is 5.89 Å². The highest BCUT2D eigenvalue weighted by atomic mass is 35.5. The van der Waals surface area contributed by atoms with Crippen LogP contribution in [-0.2, 0) is 19.5 Å². The lowest BCUT2D eigenvalue weighted by Gasteiger charge is -2.22. The number of benzene rings is 1. The van der Waals surface area contributed by atoms with Crippen LogP contribution in [0.4, 0.5) is 0 Å². The minimum atomic E-state index is 0.357. The summed E-state index contributed by atoms with van der Waals surface area (Å²) >= 11 is 5.90. The Bertz CT molecular complexity index is 795. The number of hydrogen-bond acceptors (Lipinski definition) is 5. The van der Waals surface area contributed by atoms with E-state index < -0.39 is 0 Å². The minimum Gasteiger partial charge on any atom is -0.439 e. The predicted octanol–water partition coefficient (Wildman–Crippen LogP) is 2.69. The second kappa shape index (κ2) is 6.14. The maximum atomic E-state index is 5.90. The van der Waals surface area contributed by atoms with Gasteiger partial charge in [-0.1, -0.05) is 11.6 Å². The fourth-order valence-corrected chi connectivity index (χ4v) is 2.90. The molecule has 0 bridgehead atoms. The molecule has 0 amide bonds. The van der Waals surface area contributed by atoms with Crippen LogP contribution < -0.4 is 5.32 Å². The van der Waals surface area contributed by atoms with Crippen LogP contribution in [0.2, 0.25) is 5.02 Å². The number of hydrogen-bond donors (Lipinski definition) is 1. The number of aryl methyl sites for hydroxylation is 1. The molecule has 0 saturated carbocycles. The van der Waals surface area contributed by atoms with Crippen LogP contribution >= 0.6 is 11.6 Å². The molecule has 0 radical (unpaired) electrons. The maximum Gasteiger partial charge on any atom is 0.208 e. The molecule has 1 aromatic carbocycles. The molecule has 0 saturated heterocycles. The molecule has 118 valence electrons. The number of aromatic nitrogens is 4. The van der Waals surface area contributed by atoms with Crippen molar-refractivity contribution in [2.24, 2.45) is 0 Å². The first-order chi connectivity index (χ1) is 11.3. The molecule has 0 fully saturated rings. The van der Waals surface area contributed by atoms with Gasteiger partial charge in [0.25, 0.3) is 0 Å². The van der Waals surface area contributed by atoms with E-state index in [9.17, 15) is 0 Å². The van der Waals surface area contributed by atoms with Gasteiger partial charge in [0.15, 0.2) is 5.76 Å². The molecule has 2 aromatic heterocycles. The van der Waals surface area contributed by atoms with Gasteiger partial charge >= 0.3 is 0 Å². The van der Waals surface area contributed by atoms with E-state index in [0.717, 1.165) is 36.5 Å². The molecule has 6 nitrogen and oxygen atoms in total. The van der Waals surface area contributed by atoms with Crippen molar-refractivity contribution in [1.29, 1.82) is 0 Å². The Labute approximate surface area is 138 Å². The van der Waals surface area contributed by atoms with E-state index >= 15 is 0 Å². The number of rotatable bonds is 4. The van der Waals surface area contributed by atoms with E-state index in [2.05, 4.69) is 20.4 Å². The van der Waals surface area contributed by atoms with Crippen molar-refractivity contribution in [2.45, 2.75) is 32.0 Å². The van der Waals surface area contributed by atoms with E-state index in [1.165, 1.54) is 0 Å². The standard InChI is InChI=1S/C16H16ClN5O/c17-12-3-1-11(2-4-12)14-7-19-16(23-14)8-18-13-5-6-15-20-10-21-22(15)9-13/h1-4,7,10,13,18H,5-6,8-9H2/t13-/m1/s1. The molecule has 4 rings (SSSR count). The lowest BCUT2D eigenvalue weighted by Crippen LogP contribution is -2.37. The number of halogens is 1. The number of nitrogens with zero attached hydrogens (tertiary/aromatic N) is 4. The average Bonchev–Trinajstić information content (AvgIpc) is 3.22. The summed E-state index contributed by atoms with van der Waals surface area (Å²) in [7, 11) is 0. The first-order valence-electron chi connectivity index (χ1n) is 7.58. The Hall–Kier alpha value is -2.18. The fraction of sp³-hybridized carbons (Fsp3) is 0.312. The zero-order valence-corrected chi connectivity index (χ0v) is 13.2. The van der Waals surface area contributed by atoms with Gasteiger partial charge in [-0.05, 0) is 30.7 Å². The molecule has 0 unspecified atom stereocenters. The number of oxazole rings is 1. The topological polar surface area (TPSA) is 68.8 Å². The zero-order chi connectivity index (χ0) is 15.6. The van der Waals surface area contributed by atoms with Gasteiger partial charge in [0, 0.05) is 23.0 Å². The van der Waals surface area contributed by atoms with Crippen LogP contribution in [0.25, 0.3) is 11.3 Å². The third-order valence-corrected chi connectivity index (χ3v) is 4.28. The summed E-state index contributed by atoms with van der Waals surface area (Å²) in [6.45, 7) is 1.43. The highest BCUT2D eigenvalue weighted by molar-refractivity contribution is 6.30. The van der Waals surface area contributed by atoms with Crippen molar-refractivity contribution in [1.82, 2.24) is 25.1 Å². The van der Waals surface area contributed by atoms with Gasteiger partial charge in [-0.25, -0.2) is 14.6 Å². The highest BCUT2D eigenvalue weighted by Gasteiger charge is 2.19. The summed E-state index contributed by atoms with van der Waals surface area (Å²) in [6, 6.07) is 7.89. The molecule has 0 spiro atoms. The summed E-state index contributed by atoms with van der Waals surface area (Å²) in [5.74, 6) is 2.49. The smallest absolute Gasteiger partial charge is 0.208 e. The Morgan fingerprint density at radius 1 is 1.26 bits per heavy atom. The third kappa shape index (κ3) is 3.13. The van der Waals surface area contributed by atoms with E-state index in [1.807, 2.05) is 28.9 Å². The zero-order valence-electron chi connectivity index (χ0n) is 12.4. The van der Waals surface area contributed by atoms with Gasteiger partial charge in [-0.2, -0.15) is 5.10 Å². The highest BCUT2D eigenvalue weighted by Crippen LogP contribution is 2.22. The molecule has 1 atom stereocenters. The molecule has 23 heavy (non-hydrogen) atoms. The molecule has 3 aromatic rings. The van der Waals surface area contributed by atoms with Crippen LogP contribution in [0.3, 0.4) is 0 Å². The molecule has 1 aliphatic rings. The van der Waals surface area contributed by atoms with Crippen molar-refractivity contribution in [3.8, 4) is 11.3 Å². The summed E-state index contributed by atoms with van der Waals surface area (Å²) < 4.78 is 7.76. The van der Waals surface area contributed by atoms with Crippen molar-refractivity contribution in [3.63, 3.8) is 0 Å². The molecule has 1 aliphatic heterocycles. The predicted molar refractivity (Wildman–Crippen MR) is 85.9 cm³/mol. The van der Waals surface area contributed by atoms with Crippen LogP contribution in [0.1, 0.15) is 18.1 Å². The van der Waals surface area contributed by atoms with Gasteiger partial charge in [-0.15, -0.1) is 0 Å². The maximum absolute atomic E-state index is 5.90. The minimum absolute atomic E-state index is 0.357. The molecular formula is C16H16ClN5O. The number of fused-ring (bicyclic) bond motifs is 1. The first kappa shape index (κ1) is 14.4. The van der Waals surface area contributed by atoms with Crippen LogP contribution in [0.5, 0.6) is 0 Å². The molecule has 1 N–H and O–H groups in total. The van der Waals surface area contributed by atoms with E-state index in [4.69, 9.17) is 16.0 Å². The van der Waals surface area contributed by atoms with Crippen LogP contribution in [0.15, 0.2) is 41.2 Å². The quantitative estimate of drug-likeness (QED) is 0.797. The molecule has 0 aliphatic carbocycles. The van der Waals surface area contributed by atoms with Gasteiger partial charge < -0.3 is 9.73 Å². The summed E-state index contributed by atoms with van der Waals surface area (Å²) in [4.78, 5) is 8.57. The van der Waals surface area contributed by atoms with Crippen LogP contribution in [-0.4, -0.2) is 25.8 Å². The van der Waals surface area contributed by atoms with Gasteiger partial charge in [0.05, 0.1) is 19.3 Å². The summed E-state index contributed by atoms with van der Waals surface area (Å²) in [5.41, 5.74) is 0.970. The Balaban J connectivity index is 1.38. The van der Waals surface area contributed by atoms with Crippen molar-refractivity contribution >= 4 is 11.6 Å². The lowest BCUT2D eigenvalue weighted by atomic mass is 10.1. The summed E-state index contributed by atoms with van der Waals surface area (Å²) in [6.07, 6.45) is 5.35. The molecule has 7 heteroatoms. The van der Waals surface area contributed by atoms with E-state index in [1.54, 1.807) is 12.5 Å². The summed E-state index contributed by atoms with van der Waals surface area (Å²) in [5, 5.41) is 8.41. The second-order valence-corrected chi connectivity index (χ2v) is 6.04. The van der Waals surface area contributed by atoms with E-state index in [0.29, 0.717) is 23.5 Å².